The first-order valence-corrected chi connectivity index (χ1v) is 7.72. The average molecular weight is 302 g/mol. The summed E-state index contributed by atoms with van der Waals surface area (Å²) in [4.78, 5) is 34.8. The van der Waals surface area contributed by atoms with Crippen LogP contribution < -0.4 is 10.6 Å². The second kappa shape index (κ2) is 7.73. The summed E-state index contributed by atoms with van der Waals surface area (Å²) in [6.45, 7) is -0.0532. The molecule has 1 aromatic carbocycles. The number of carbonyl (C=O) groups is 3. The SMILES string of the molecule is CNC(=O)CNC(=O)CCC(=O)c1ccc2c(c1)CCCC2. The molecule has 0 saturated carbocycles. The highest BCUT2D eigenvalue weighted by atomic mass is 16.2. The van der Waals surface area contributed by atoms with E-state index in [1.54, 1.807) is 0 Å². The topological polar surface area (TPSA) is 75.3 Å². The van der Waals surface area contributed by atoms with Gasteiger partial charge in [-0.1, -0.05) is 12.1 Å². The van der Waals surface area contributed by atoms with Crippen molar-refractivity contribution in [3.63, 3.8) is 0 Å². The fraction of sp³-hybridized carbons (Fsp3) is 0.471. The van der Waals surface area contributed by atoms with Crippen LogP contribution in [0, 0.1) is 0 Å². The minimum Gasteiger partial charge on any atom is -0.358 e. The molecule has 2 N–H and O–H groups in total. The van der Waals surface area contributed by atoms with Gasteiger partial charge in [0.15, 0.2) is 5.78 Å². The standard InChI is InChI=1S/C17H22N2O3/c1-18-17(22)11-19-16(21)9-8-15(20)14-7-6-12-4-2-3-5-13(12)10-14/h6-7,10H,2-5,8-9,11H2,1H3,(H,18,22)(H,19,21). The summed E-state index contributed by atoms with van der Waals surface area (Å²) in [7, 11) is 1.51. The van der Waals surface area contributed by atoms with Gasteiger partial charge < -0.3 is 10.6 Å². The number of aryl methyl sites for hydroxylation is 2. The zero-order valence-corrected chi connectivity index (χ0v) is 12.9. The van der Waals surface area contributed by atoms with E-state index in [0.29, 0.717) is 5.56 Å². The maximum absolute atomic E-state index is 12.2. The third-order valence-corrected chi connectivity index (χ3v) is 3.97. The lowest BCUT2D eigenvalue weighted by molar-refractivity contribution is -0.125. The molecule has 2 amide bonds. The Balaban J connectivity index is 1.84. The molecule has 0 bridgehead atoms. The van der Waals surface area contributed by atoms with Crippen LogP contribution in [0.25, 0.3) is 0 Å². The van der Waals surface area contributed by atoms with Crippen molar-refractivity contribution in [1.82, 2.24) is 10.6 Å². The van der Waals surface area contributed by atoms with Gasteiger partial charge in [0.2, 0.25) is 11.8 Å². The maximum atomic E-state index is 12.2. The number of benzene rings is 1. The number of likely N-dealkylation sites (N-methyl/N-ethyl adjacent to an activating group) is 1. The number of rotatable bonds is 6. The number of hydrogen-bond acceptors (Lipinski definition) is 3. The average Bonchev–Trinajstić information content (AvgIpc) is 2.56. The predicted molar refractivity (Wildman–Crippen MR) is 83.7 cm³/mol. The number of fused-ring (bicyclic) bond motifs is 1. The van der Waals surface area contributed by atoms with E-state index in [4.69, 9.17) is 0 Å². The molecule has 0 aliphatic heterocycles. The Hall–Kier alpha value is -2.17. The predicted octanol–water partition coefficient (Wildman–Crippen LogP) is 1.39. The first-order chi connectivity index (χ1) is 10.6. The van der Waals surface area contributed by atoms with E-state index in [1.807, 2.05) is 18.2 Å². The molecule has 0 spiro atoms. The van der Waals surface area contributed by atoms with Crippen molar-refractivity contribution in [2.24, 2.45) is 0 Å². The van der Waals surface area contributed by atoms with Crippen molar-refractivity contribution in [1.29, 1.82) is 0 Å². The minimum absolute atomic E-state index is 0.0246. The lowest BCUT2D eigenvalue weighted by atomic mass is 9.89. The summed E-state index contributed by atoms with van der Waals surface area (Å²) in [5.74, 6) is -0.562. The van der Waals surface area contributed by atoms with E-state index in [-0.39, 0.29) is 37.0 Å². The van der Waals surface area contributed by atoms with Gasteiger partial charge in [-0.05, 0) is 42.9 Å². The third kappa shape index (κ3) is 4.41. The van der Waals surface area contributed by atoms with Crippen molar-refractivity contribution in [3.8, 4) is 0 Å². The van der Waals surface area contributed by atoms with Gasteiger partial charge in [0.1, 0.15) is 0 Å². The molecular weight excluding hydrogens is 280 g/mol. The quantitative estimate of drug-likeness (QED) is 0.780. The first-order valence-electron chi connectivity index (χ1n) is 7.72. The normalized spacial score (nSPS) is 13.1. The Morgan fingerprint density at radius 3 is 2.45 bits per heavy atom. The molecule has 0 unspecified atom stereocenters. The van der Waals surface area contributed by atoms with Crippen LogP contribution in [0.1, 0.15) is 47.2 Å². The van der Waals surface area contributed by atoms with Crippen molar-refractivity contribution < 1.29 is 14.4 Å². The summed E-state index contributed by atoms with van der Waals surface area (Å²) in [6.07, 6.45) is 4.78. The number of carbonyl (C=O) groups excluding carboxylic acids is 3. The zero-order valence-electron chi connectivity index (χ0n) is 12.9. The zero-order chi connectivity index (χ0) is 15.9. The van der Waals surface area contributed by atoms with Crippen molar-refractivity contribution in [2.75, 3.05) is 13.6 Å². The van der Waals surface area contributed by atoms with E-state index in [9.17, 15) is 14.4 Å². The summed E-state index contributed by atoms with van der Waals surface area (Å²) in [5, 5.41) is 4.91. The van der Waals surface area contributed by atoms with Crippen molar-refractivity contribution >= 4 is 17.6 Å². The van der Waals surface area contributed by atoms with Gasteiger partial charge in [0.05, 0.1) is 6.54 Å². The summed E-state index contributed by atoms with van der Waals surface area (Å²) < 4.78 is 0. The lowest BCUT2D eigenvalue weighted by Crippen LogP contribution is -2.35. The fourth-order valence-corrected chi connectivity index (χ4v) is 2.63. The Morgan fingerprint density at radius 2 is 1.73 bits per heavy atom. The van der Waals surface area contributed by atoms with E-state index in [0.717, 1.165) is 12.8 Å². The number of ketones is 1. The highest BCUT2D eigenvalue weighted by molar-refractivity contribution is 5.98. The highest BCUT2D eigenvalue weighted by Crippen LogP contribution is 2.22. The molecule has 5 nitrogen and oxygen atoms in total. The lowest BCUT2D eigenvalue weighted by Gasteiger charge is -2.16. The second-order valence-electron chi connectivity index (χ2n) is 5.56. The molecule has 1 aliphatic rings. The third-order valence-electron chi connectivity index (χ3n) is 3.97. The Labute approximate surface area is 130 Å². The van der Waals surface area contributed by atoms with Gasteiger partial charge >= 0.3 is 0 Å². The summed E-state index contributed by atoms with van der Waals surface area (Å²) in [5.41, 5.74) is 3.28. The molecule has 1 aliphatic carbocycles. The Kier molecular flexibility index (Phi) is 5.69. The van der Waals surface area contributed by atoms with Crippen LogP contribution in [0.4, 0.5) is 0 Å². The van der Waals surface area contributed by atoms with E-state index < -0.39 is 0 Å². The minimum atomic E-state index is -0.282. The van der Waals surface area contributed by atoms with Gasteiger partial charge in [-0.25, -0.2) is 0 Å². The van der Waals surface area contributed by atoms with Crippen molar-refractivity contribution in [2.45, 2.75) is 38.5 Å². The van der Waals surface area contributed by atoms with Crippen LogP contribution in [0.5, 0.6) is 0 Å². The molecule has 0 aromatic heterocycles. The van der Waals surface area contributed by atoms with Gasteiger partial charge in [-0.15, -0.1) is 0 Å². The van der Waals surface area contributed by atoms with Crippen LogP contribution in [0.15, 0.2) is 18.2 Å². The molecule has 1 aromatic rings. The highest BCUT2D eigenvalue weighted by Gasteiger charge is 2.14. The number of Topliss-reactive ketones (excluding diaryl/α,β-unsaturated/α-hetero) is 1. The molecule has 0 fully saturated rings. The largest absolute Gasteiger partial charge is 0.358 e. The second-order valence-corrected chi connectivity index (χ2v) is 5.56. The molecular formula is C17H22N2O3. The molecule has 2 rings (SSSR count). The van der Waals surface area contributed by atoms with E-state index in [1.165, 1.54) is 31.0 Å². The summed E-state index contributed by atoms with van der Waals surface area (Å²) >= 11 is 0. The van der Waals surface area contributed by atoms with Crippen molar-refractivity contribution in [3.05, 3.63) is 34.9 Å². The smallest absolute Gasteiger partial charge is 0.239 e. The monoisotopic (exact) mass is 302 g/mol. The molecule has 22 heavy (non-hydrogen) atoms. The van der Waals surface area contributed by atoms with Crippen LogP contribution in [0.2, 0.25) is 0 Å². The van der Waals surface area contributed by atoms with Gasteiger partial charge in [0, 0.05) is 25.5 Å². The molecule has 0 atom stereocenters. The van der Waals surface area contributed by atoms with Crippen LogP contribution >= 0.6 is 0 Å². The van der Waals surface area contributed by atoms with Crippen LogP contribution in [-0.2, 0) is 22.4 Å². The first kappa shape index (κ1) is 16.2. The van der Waals surface area contributed by atoms with E-state index >= 15 is 0 Å². The molecule has 0 heterocycles. The molecule has 0 radical (unpaired) electrons. The van der Waals surface area contributed by atoms with E-state index in [2.05, 4.69) is 10.6 Å². The summed E-state index contributed by atoms with van der Waals surface area (Å²) in [6, 6.07) is 5.86. The molecule has 5 heteroatoms. The van der Waals surface area contributed by atoms with Crippen LogP contribution in [-0.4, -0.2) is 31.2 Å². The fourth-order valence-electron chi connectivity index (χ4n) is 2.63. The van der Waals surface area contributed by atoms with Gasteiger partial charge in [0.25, 0.3) is 0 Å². The maximum Gasteiger partial charge on any atom is 0.239 e. The number of nitrogens with one attached hydrogen (secondary N) is 2. The Bertz CT molecular complexity index is 581. The number of hydrogen-bond donors (Lipinski definition) is 2. The van der Waals surface area contributed by atoms with Crippen LogP contribution in [0.3, 0.4) is 0 Å². The van der Waals surface area contributed by atoms with Gasteiger partial charge in [-0.3, -0.25) is 14.4 Å². The van der Waals surface area contributed by atoms with Gasteiger partial charge in [-0.2, -0.15) is 0 Å². The molecule has 118 valence electrons. The molecule has 0 saturated heterocycles. The number of amides is 2. The Morgan fingerprint density at radius 1 is 1.00 bits per heavy atom.